The lowest BCUT2D eigenvalue weighted by Gasteiger charge is -2.15. The van der Waals surface area contributed by atoms with Crippen LogP contribution in [-0.2, 0) is 20.7 Å². The van der Waals surface area contributed by atoms with Gasteiger partial charge in [-0.3, -0.25) is 9.78 Å². The number of carbonyl (C=O) groups is 2. The first-order chi connectivity index (χ1) is 8.13. The van der Waals surface area contributed by atoms with E-state index in [1.54, 1.807) is 12.4 Å². The predicted octanol–water partition coefficient (Wildman–Crippen LogP) is 0.692. The maximum Gasteiger partial charge on any atom is 0.328 e. The predicted molar refractivity (Wildman–Crippen MR) is 62.2 cm³/mol. The van der Waals surface area contributed by atoms with Gasteiger partial charge in [0.25, 0.3) is 0 Å². The largest absolute Gasteiger partial charge is 0.467 e. The van der Waals surface area contributed by atoms with Crippen LogP contribution in [-0.4, -0.2) is 30.0 Å². The topological polar surface area (TPSA) is 68.3 Å². The number of hydrogen-bond donors (Lipinski definition) is 1. The molecule has 1 unspecified atom stereocenters. The summed E-state index contributed by atoms with van der Waals surface area (Å²) in [7, 11) is 1.31. The van der Waals surface area contributed by atoms with Crippen LogP contribution in [0.1, 0.15) is 18.9 Å². The van der Waals surface area contributed by atoms with Crippen molar-refractivity contribution in [3.05, 3.63) is 30.1 Å². The summed E-state index contributed by atoms with van der Waals surface area (Å²) in [6.07, 6.45) is 4.58. The molecule has 1 N–H and O–H groups in total. The fourth-order valence-electron chi connectivity index (χ4n) is 1.50. The second-order valence-electron chi connectivity index (χ2n) is 3.67. The van der Waals surface area contributed by atoms with Gasteiger partial charge in [0.2, 0.25) is 5.91 Å². The van der Waals surface area contributed by atoms with Gasteiger partial charge >= 0.3 is 5.97 Å². The lowest BCUT2D eigenvalue weighted by Crippen LogP contribution is -2.40. The summed E-state index contributed by atoms with van der Waals surface area (Å²) in [6.45, 7) is 1.38. The molecule has 1 amide bonds. The Labute approximate surface area is 100 Å². The first-order valence-corrected chi connectivity index (χ1v) is 5.37. The molecule has 1 aromatic rings. The highest BCUT2D eigenvalue weighted by atomic mass is 16.5. The van der Waals surface area contributed by atoms with Crippen LogP contribution in [0.4, 0.5) is 0 Å². The summed E-state index contributed by atoms with van der Waals surface area (Å²) < 4.78 is 4.64. The second kappa shape index (κ2) is 6.62. The average Bonchev–Trinajstić information content (AvgIpc) is 2.34. The molecular weight excluding hydrogens is 220 g/mol. The summed E-state index contributed by atoms with van der Waals surface area (Å²) in [5.74, 6) is -0.663. The van der Waals surface area contributed by atoms with Gasteiger partial charge in [0, 0.05) is 19.3 Å². The number of amides is 1. The fraction of sp³-hybridized carbons (Fsp3) is 0.417. The molecule has 0 aromatic carbocycles. The van der Waals surface area contributed by atoms with Gasteiger partial charge < -0.3 is 10.1 Å². The molecule has 5 nitrogen and oxygen atoms in total. The number of ether oxygens (including phenoxy) is 1. The molecule has 0 radical (unpaired) electrons. The third-order valence-corrected chi connectivity index (χ3v) is 2.33. The van der Waals surface area contributed by atoms with E-state index in [1.165, 1.54) is 14.0 Å². The zero-order chi connectivity index (χ0) is 12.7. The lowest BCUT2D eigenvalue weighted by atomic mass is 10.1. The van der Waals surface area contributed by atoms with Crippen molar-refractivity contribution in [1.29, 1.82) is 0 Å². The molecule has 0 aliphatic carbocycles. The standard InChI is InChI=1S/C12H16N2O3/c1-9(15)14-11(12(16)17-2)4-3-10-5-7-13-8-6-10/h5-8,11H,3-4H2,1-2H3,(H,14,15). The van der Waals surface area contributed by atoms with Gasteiger partial charge in [-0.05, 0) is 30.5 Å². The highest BCUT2D eigenvalue weighted by molar-refractivity contribution is 5.83. The van der Waals surface area contributed by atoms with E-state index in [0.29, 0.717) is 12.8 Å². The molecule has 1 rings (SSSR count). The van der Waals surface area contributed by atoms with Crippen LogP contribution in [0.5, 0.6) is 0 Å². The zero-order valence-electron chi connectivity index (χ0n) is 9.97. The van der Waals surface area contributed by atoms with Crippen LogP contribution in [0.2, 0.25) is 0 Å². The number of methoxy groups -OCH3 is 1. The van der Waals surface area contributed by atoms with E-state index < -0.39 is 12.0 Å². The van der Waals surface area contributed by atoms with Crippen LogP contribution in [0.3, 0.4) is 0 Å². The van der Waals surface area contributed by atoms with Gasteiger partial charge in [-0.25, -0.2) is 4.79 Å². The Hall–Kier alpha value is -1.91. The molecule has 0 aliphatic heterocycles. The first kappa shape index (κ1) is 13.2. The Morgan fingerprint density at radius 1 is 1.41 bits per heavy atom. The fourth-order valence-corrected chi connectivity index (χ4v) is 1.50. The Kier molecular flexibility index (Phi) is 5.13. The Balaban J connectivity index is 2.55. The molecule has 0 saturated carbocycles. The molecular formula is C12H16N2O3. The van der Waals surface area contributed by atoms with Gasteiger partial charge in [0.1, 0.15) is 6.04 Å². The average molecular weight is 236 g/mol. The summed E-state index contributed by atoms with van der Waals surface area (Å²) >= 11 is 0. The number of aryl methyl sites for hydroxylation is 1. The molecule has 0 spiro atoms. The zero-order valence-corrected chi connectivity index (χ0v) is 9.97. The van der Waals surface area contributed by atoms with Crippen molar-refractivity contribution in [1.82, 2.24) is 10.3 Å². The summed E-state index contributed by atoms with van der Waals surface area (Å²) in [5, 5.41) is 2.57. The van der Waals surface area contributed by atoms with Gasteiger partial charge in [-0.1, -0.05) is 0 Å². The number of carbonyl (C=O) groups excluding carboxylic acids is 2. The third-order valence-electron chi connectivity index (χ3n) is 2.33. The number of aromatic nitrogens is 1. The molecule has 17 heavy (non-hydrogen) atoms. The SMILES string of the molecule is COC(=O)C(CCc1ccncc1)NC(C)=O. The number of hydrogen-bond acceptors (Lipinski definition) is 4. The maximum atomic E-state index is 11.4. The van der Waals surface area contributed by atoms with E-state index >= 15 is 0 Å². The van der Waals surface area contributed by atoms with E-state index in [4.69, 9.17) is 0 Å². The van der Waals surface area contributed by atoms with E-state index in [-0.39, 0.29) is 5.91 Å². The monoisotopic (exact) mass is 236 g/mol. The van der Waals surface area contributed by atoms with E-state index in [9.17, 15) is 9.59 Å². The normalized spacial score (nSPS) is 11.6. The highest BCUT2D eigenvalue weighted by Crippen LogP contribution is 2.05. The molecule has 1 atom stereocenters. The van der Waals surface area contributed by atoms with Crippen molar-refractivity contribution >= 4 is 11.9 Å². The molecule has 92 valence electrons. The smallest absolute Gasteiger partial charge is 0.328 e. The van der Waals surface area contributed by atoms with Crippen molar-refractivity contribution < 1.29 is 14.3 Å². The number of nitrogens with one attached hydrogen (secondary N) is 1. The second-order valence-corrected chi connectivity index (χ2v) is 3.67. The highest BCUT2D eigenvalue weighted by Gasteiger charge is 2.19. The van der Waals surface area contributed by atoms with Crippen molar-refractivity contribution in [3.63, 3.8) is 0 Å². The quantitative estimate of drug-likeness (QED) is 0.764. The number of esters is 1. The van der Waals surface area contributed by atoms with Gasteiger partial charge in [0.05, 0.1) is 7.11 Å². The number of rotatable bonds is 5. The molecule has 0 aliphatic rings. The lowest BCUT2D eigenvalue weighted by molar-refractivity contribution is -0.145. The summed E-state index contributed by atoms with van der Waals surface area (Å²) in [6, 6.07) is 3.16. The van der Waals surface area contributed by atoms with Gasteiger partial charge in [-0.15, -0.1) is 0 Å². The first-order valence-electron chi connectivity index (χ1n) is 5.37. The molecule has 0 fully saturated rings. The van der Waals surface area contributed by atoms with Crippen LogP contribution in [0.25, 0.3) is 0 Å². The van der Waals surface area contributed by atoms with E-state index in [0.717, 1.165) is 5.56 Å². The summed E-state index contributed by atoms with van der Waals surface area (Å²) in [4.78, 5) is 26.3. The number of nitrogens with zero attached hydrogens (tertiary/aromatic N) is 1. The third kappa shape index (κ3) is 4.63. The van der Waals surface area contributed by atoms with E-state index in [2.05, 4.69) is 15.0 Å². The van der Waals surface area contributed by atoms with Crippen molar-refractivity contribution in [3.8, 4) is 0 Å². The summed E-state index contributed by atoms with van der Waals surface area (Å²) in [5.41, 5.74) is 1.07. The van der Waals surface area contributed by atoms with Crippen LogP contribution in [0.15, 0.2) is 24.5 Å². The molecule has 1 aromatic heterocycles. The Bertz CT molecular complexity index is 379. The Morgan fingerprint density at radius 2 is 2.06 bits per heavy atom. The van der Waals surface area contributed by atoms with Crippen molar-refractivity contribution in [2.75, 3.05) is 7.11 Å². The van der Waals surface area contributed by atoms with Crippen LogP contribution >= 0.6 is 0 Å². The van der Waals surface area contributed by atoms with Gasteiger partial charge in [0.15, 0.2) is 0 Å². The minimum Gasteiger partial charge on any atom is -0.467 e. The number of pyridine rings is 1. The van der Waals surface area contributed by atoms with Crippen LogP contribution < -0.4 is 5.32 Å². The molecule has 0 bridgehead atoms. The molecule has 0 saturated heterocycles. The molecule has 1 heterocycles. The van der Waals surface area contributed by atoms with E-state index in [1.807, 2.05) is 12.1 Å². The maximum absolute atomic E-state index is 11.4. The van der Waals surface area contributed by atoms with Crippen molar-refractivity contribution in [2.24, 2.45) is 0 Å². The molecule has 5 heteroatoms. The van der Waals surface area contributed by atoms with Gasteiger partial charge in [-0.2, -0.15) is 0 Å². The van der Waals surface area contributed by atoms with Crippen LogP contribution in [0, 0.1) is 0 Å². The Morgan fingerprint density at radius 3 is 2.59 bits per heavy atom. The minimum absolute atomic E-state index is 0.241. The minimum atomic E-state index is -0.592. The van der Waals surface area contributed by atoms with Crippen molar-refractivity contribution in [2.45, 2.75) is 25.8 Å².